The van der Waals surface area contributed by atoms with Crippen molar-refractivity contribution in [2.45, 2.75) is 23.6 Å². The van der Waals surface area contributed by atoms with Gasteiger partial charge in [-0.3, -0.25) is 9.97 Å². The van der Waals surface area contributed by atoms with Crippen molar-refractivity contribution in [2.24, 2.45) is 0 Å². The van der Waals surface area contributed by atoms with Crippen LogP contribution in [0.3, 0.4) is 0 Å². The molecule has 0 unspecified atom stereocenters. The van der Waals surface area contributed by atoms with Crippen LogP contribution in [0.4, 0.5) is 0 Å². The Bertz CT molecular complexity index is 1900. The lowest BCUT2D eigenvalue weighted by Gasteiger charge is -2.15. The number of aryl methyl sites for hydroxylation is 2. The Hall–Kier alpha value is -3.70. The van der Waals surface area contributed by atoms with Crippen LogP contribution in [0.2, 0.25) is 0 Å². The van der Waals surface area contributed by atoms with E-state index < -0.39 is 20.2 Å². The second-order valence-corrected chi connectivity index (χ2v) is 11.2. The maximum absolute atomic E-state index is 11.6. The van der Waals surface area contributed by atoms with Gasteiger partial charge in [-0.15, -0.1) is 0 Å². The van der Waals surface area contributed by atoms with Crippen molar-refractivity contribution in [2.75, 3.05) is 0 Å². The Morgan fingerprint density at radius 1 is 0.583 bits per heavy atom. The van der Waals surface area contributed by atoms with Gasteiger partial charge >= 0.3 is 0 Å². The zero-order chi connectivity index (χ0) is 25.8. The molecule has 0 fully saturated rings. The largest absolute Gasteiger partial charge is 0.744 e. The van der Waals surface area contributed by atoms with Crippen LogP contribution in [0.5, 0.6) is 0 Å². The molecule has 0 radical (unpaired) electrons. The van der Waals surface area contributed by atoms with Crippen molar-refractivity contribution in [1.29, 1.82) is 0 Å². The standard InChI is InChI=1S/C26H20N2O6S2/c1-15-12-23(17-6-8-19(9-7-17)35(29,30)31)21-10-11-22-24(13-16(2)28-26(22)25(21)27-15)18-4-3-5-20(14-18)36(32,33)34/h3-14H,1-2H3,(H,29,30,31)(H,32,33,34)/p-2. The van der Waals surface area contributed by atoms with Crippen LogP contribution < -0.4 is 0 Å². The van der Waals surface area contributed by atoms with Crippen LogP contribution in [0.15, 0.2) is 82.6 Å². The third kappa shape index (κ3) is 4.35. The van der Waals surface area contributed by atoms with Gasteiger partial charge in [0.25, 0.3) is 0 Å². The van der Waals surface area contributed by atoms with Crippen LogP contribution in [-0.2, 0) is 20.2 Å². The number of pyridine rings is 2. The summed E-state index contributed by atoms with van der Waals surface area (Å²) in [4.78, 5) is 8.82. The summed E-state index contributed by atoms with van der Waals surface area (Å²) < 4.78 is 68.7. The summed E-state index contributed by atoms with van der Waals surface area (Å²) >= 11 is 0. The van der Waals surface area contributed by atoms with Crippen molar-refractivity contribution in [3.8, 4) is 22.3 Å². The van der Waals surface area contributed by atoms with Crippen molar-refractivity contribution in [3.63, 3.8) is 0 Å². The highest BCUT2D eigenvalue weighted by molar-refractivity contribution is 7.86. The lowest BCUT2D eigenvalue weighted by atomic mass is 9.95. The first-order valence-electron chi connectivity index (χ1n) is 10.8. The first-order valence-corrected chi connectivity index (χ1v) is 13.6. The molecule has 0 saturated carbocycles. The van der Waals surface area contributed by atoms with E-state index in [1.54, 1.807) is 18.2 Å². The van der Waals surface area contributed by atoms with Gasteiger partial charge in [0.1, 0.15) is 20.2 Å². The Morgan fingerprint density at radius 3 is 1.58 bits per heavy atom. The molecule has 2 aromatic heterocycles. The molecule has 182 valence electrons. The molecular formula is C26H18N2O6S2-2. The second kappa shape index (κ2) is 8.45. The maximum Gasteiger partial charge on any atom is 0.124 e. The number of nitrogens with zero attached hydrogens (tertiary/aromatic N) is 2. The number of hydrogen-bond acceptors (Lipinski definition) is 8. The predicted octanol–water partition coefficient (Wildman–Crippen LogP) is 4.54. The smallest absolute Gasteiger partial charge is 0.124 e. The Labute approximate surface area is 207 Å². The fourth-order valence-corrected chi connectivity index (χ4v) is 5.32. The lowest BCUT2D eigenvalue weighted by molar-refractivity contribution is 0.461. The lowest BCUT2D eigenvalue weighted by Crippen LogP contribution is -1.99. The molecule has 0 N–H and O–H groups in total. The normalized spacial score (nSPS) is 12.3. The van der Waals surface area contributed by atoms with E-state index in [1.807, 2.05) is 38.1 Å². The first-order chi connectivity index (χ1) is 16.9. The quantitative estimate of drug-likeness (QED) is 0.249. The van der Waals surface area contributed by atoms with Crippen LogP contribution in [0, 0.1) is 13.8 Å². The van der Waals surface area contributed by atoms with Crippen LogP contribution >= 0.6 is 0 Å². The summed E-state index contributed by atoms with van der Waals surface area (Å²) in [5.41, 5.74) is 5.35. The number of rotatable bonds is 4. The van der Waals surface area contributed by atoms with Crippen LogP contribution in [0.1, 0.15) is 11.4 Å². The second-order valence-electron chi connectivity index (χ2n) is 8.44. The molecule has 0 bridgehead atoms. The number of aromatic nitrogens is 2. The monoisotopic (exact) mass is 518 g/mol. The van der Waals surface area contributed by atoms with Crippen LogP contribution in [0.25, 0.3) is 44.1 Å². The molecule has 0 aliphatic carbocycles. The highest BCUT2D eigenvalue weighted by atomic mass is 32.2. The van der Waals surface area contributed by atoms with Gasteiger partial charge in [0.2, 0.25) is 0 Å². The topological polar surface area (TPSA) is 140 Å². The zero-order valence-corrected chi connectivity index (χ0v) is 20.7. The zero-order valence-electron chi connectivity index (χ0n) is 19.1. The Kier molecular flexibility index (Phi) is 5.64. The predicted molar refractivity (Wildman–Crippen MR) is 133 cm³/mol. The highest BCUT2D eigenvalue weighted by Crippen LogP contribution is 2.37. The summed E-state index contributed by atoms with van der Waals surface area (Å²) in [6.45, 7) is 3.65. The van der Waals surface area contributed by atoms with Gasteiger partial charge in [-0.05, 0) is 72.5 Å². The first kappa shape index (κ1) is 24.0. The van der Waals surface area contributed by atoms with E-state index in [4.69, 9.17) is 9.97 Å². The number of benzene rings is 3. The molecule has 0 aliphatic heterocycles. The molecule has 5 aromatic rings. The van der Waals surface area contributed by atoms with E-state index >= 15 is 0 Å². The number of hydrogen-bond donors (Lipinski definition) is 0. The van der Waals surface area contributed by atoms with Gasteiger partial charge in [-0.1, -0.05) is 36.4 Å². The SMILES string of the molecule is Cc1cc(-c2ccc(S(=O)(=O)[O-])cc2)c2ccc3c(-c4cccc(S(=O)(=O)[O-])c4)cc(C)nc3c2n1. The molecule has 3 aromatic carbocycles. The van der Waals surface area contributed by atoms with E-state index in [2.05, 4.69) is 0 Å². The molecule has 36 heavy (non-hydrogen) atoms. The molecule has 0 spiro atoms. The molecule has 0 saturated heterocycles. The average Bonchev–Trinajstić information content (AvgIpc) is 2.82. The minimum Gasteiger partial charge on any atom is -0.744 e. The minimum absolute atomic E-state index is 0.309. The molecule has 8 nitrogen and oxygen atoms in total. The molecule has 2 heterocycles. The average molecular weight is 519 g/mol. The summed E-state index contributed by atoms with van der Waals surface area (Å²) in [7, 11) is -9.18. The fraction of sp³-hybridized carbons (Fsp3) is 0.0769. The maximum atomic E-state index is 11.6. The van der Waals surface area contributed by atoms with Gasteiger partial charge in [0.05, 0.1) is 20.8 Å². The van der Waals surface area contributed by atoms with Gasteiger partial charge < -0.3 is 9.11 Å². The van der Waals surface area contributed by atoms with E-state index in [9.17, 15) is 25.9 Å². The molecule has 5 rings (SSSR count). The van der Waals surface area contributed by atoms with Gasteiger partial charge in [-0.25, -0.2) is 16.8 Å². The van der Waals surface area contributed by atoms with E-state index in [0.717, 1.165) is 16.3 Å². The van der Waals surface area contributed by atoms with E-state index in [-0.39, 0.29) is 9.79 Å². The van der Waals surface area contributed by atoms with Gasteiger partial charge in [0, 0.05) is 22.2 Å². The molecule has 0 aliphatic rings. The van der Waals surface area contributed by atoms with Crippen molar-refractivity contribution in [1.82, 2.24) is 9.97 Å². The Morgan fingerprint density at radius 2 is 1.08 bits per heavy atom. The van der Waals surface area contributed by atoms with Gasteiger partial charge in [-0.2, -0.15) is 0 Å². The van der Waals surface area contributed by atoms with E-state index in [0.29, 0.717) is 39.1 Å². The molecule has 10 heteroatoms. The third-order valence-corrected chi connectivity index (χ3v) is 7.58. The summed E-state index contributed by atoms with van der Waals surface area (Å²) in [5.74, 6) is 0. The summed E-state index contributed by atoms with van der Waals surface area (Å²) in [6, 6.07) is 19.0. The van der Waals surface area contributed by atoms with Gasteiger partial charge in [0.15, 0.2) is 0 Å². The van der Waals surface area contributed by atoms with Crippen LogP contribution in [-0.4, -0.2) is 35.9 Å². The minimum atomic E-state index is -4.62. The molecule has 0 atom stereocenters. The summed E-state index contributed by atoms with van der Waals surface area (Å²) in [5, 5.41) is 1.50. The number of fused-ring (bicyclic) bond motifs is 3. The van der Waals surface area contributed by atoms with Crippen molar-refractivity contribution in [3.05, 3.63) is 84.2 Å². The van der Waals surface area contributed by atoms with Crippen molar-refractivity contribution >= 4 is 42.0 Å². The Balaban J connectivity index is 1.78. The van der Waals surface area contributed by atoms with E-state index in [1.165, 1.54) is 30.3 Å². The third-order valence-electron chi connectivity index (χ3n) is 5.90. The summed E-state index contributed by atoms with van der Waals surface area (Å²) in [6.07, 6.45) is 0. The van der Waals surface area contributed by atoms with Crippen molar-refractivity contribution < 1.29 is 25.9 Å². The highest BCUT2D eigenvalue weighted by Gasteiger charge is 2.15. The molecule has 0 amide bonds. The fourth-order valence-electron chi connectivity index (χ4n) is 4.33. The molecular weight excluding hydrogens is 500 g/mol.